The summed E-state index contributed by atoms with van der Waals surface area (Å²) in [5.41, 5.74) is 3.70. The van der Waals surface area contributed by atoms with E-state index in [0.717, 1.165) is 40.6 Å². The number of aryl methyl sites for hydroxylation is 1. The minimum atomic E-state index is 0. The molecule has 0 aliphatic carbocycles. The highest BCUT2D eigenvalue weighted by molar-refractivity contribution is 6.31. The van der Waals surface area contributed by atoms with Crippen molar-refractivity contribution >= 4 is 40.8 Å². The van der Waals surface area contributed by atoms with E-state index in [1.54, 1.807) is 0 Å². The van der Waals surface area contributed by atoms with E-state index in [9.17, 15) is 4.79 Å². The molecule has 2 aromatic carbocycles. The number of rotatable bonds is 3. The molecule has 2 fully saturated rings. The first-order valence-electron chi connectivity index (χ1n) is 10.4. The molecule has 6 heteroatoms. The predicted molar refractivity (Wildman–Crippen MR) is 126 cm³/mol. The Morgan fingerprint density at radius 3 is 2.37 bits per heavy atom. The van der Waals surface area contributed by atoms with Crippen LogP contribution in [0.1, 0.15) is 36.0 Å². The maximum Gasteiger partial charge on any atom is 0.254 e. The Hall–Kier alpha value is -2.01. The quantitative estimate of drug-likeness (QED) is 0.597. The zero-order chi connectivity index (χ0) is 20.1. The molecular weight excluding hydrogens is 417 g/mol. The van der Waals surface area contributed by atoms with E-state index in [1.807, 2.05) is 43.4 Å². The van der Waals surface area contributed by atoms with E-state index >= 15 is 0 Å². The van der Waals surface area contributed by atoms with Crippen LogP contribution in [0.3, 0.4) is 0 Å². The van der Waals surface area contributed by atoms with Gasteiger partial charge in [0, 0.05) is 35.6 Å². The minimum Gasteiger partial charge on any atom is -0.349 e. The summed E-state index contributed by atoms with van der Waals surface area (Å²) in [5.74, 6) is 0.0192. The molecule has 0 spiro atoms. The lowest BCUT2D eigenvalue weighted by Gasteiger charge is -2.36. The van der Waals surface area contributed by atoms with Crippen molar-refractivity contribution in [1.29, 1.82) is 0 Å². The van der Waals surface area contributed by atoms with Crippen molar-refractivity contribution in [3.8, 4) is 11.3 Å². The third-order valence-corrected chi connectivity index (χ3v) is 7.11. The van der Waals surface area contributed by atoms with Gasteiger partial charge in [-0.1, -0.05) is 48.0 Å². The third kappa shape index (κ3) is 3.51. The van der Waals surface area contributed by atoms with Gasteiger partial charge in [-0.3, -0.25) is 4.79 Å². The average molecular weight is 444 g/mol. The molecular formula is C24H27Cl2N3O. The number of fused-ring (bicyclic) bond motifs is 3. The van der Waals surface area contributed by atoms with Crippen LogP contribution < -0.4 is 5.32 Å². The molecule has 30 heavy (non-hydrogen) atoms. The lowest BCUT2D eigenvalue weighted by molar-refractivity contribution is 0.0884. The standard InChI is InChI=1S/C24H26ClN3O.ClH/c1-27-18-9-10-19(27)14-17(13-18)26-24(29)22-20-11-8-16(25)12-21(20)28(2)23(22)15-6-4-3-5-7-15;/h3-8,11-12,17-19H,9-10,13-14H2,1-2H3,(H,26,29);1H. The predicted octanol–water partition coefficient (Wildman–Crippen LogP) is 5.28. The number of amides is 1. The molecule has 0 radical (unpaired) electrons. The summed E-state index contributed by atoms with van der Waals surface area (Å²) in [6.45, 7) is 0. The topological polar surface area (TPSA) is 37.3 Å². The SMILES string of the molecule is CN1C2CCC1CC(NC(=O)c1c(-c3ccccc3)n(C)c3cc(Cl)ccc13)C2.Cl. The number of nitrogens with one attached hydrogen (secondary N) is 1. The minimum absolute atomic E-state index is 0. The second-order valence-electron chi connectivity index (χ2n) is 8.50. The highest BCUT2D eigenvalue weighted by Crippen LogP contribution is 2.36. The number of nitrogens with zero attached hydrogens (tertiary/aromatic N) is 2. The molecule has 2 bridgehead atoms. The van der Waals surface area contributed by atoms with E-state index in [2.05, 4.69) is 34.0 Å². The monoisotopic (exact) mass is 443 g/mol. The molecule has 2 atom stereocenters. The number of halogens is 2. The van der Waals surface area contributed by atoms with Gasteiger partial charge in [0.15, 0.2) is 0 Å². The number of carbonyl (C=O) groups is 1. The lowest BCUT2D eigenvalue weighted by atomic mass is 9.97. The van der Waals surface area contributed by atoms with Gasteiger partial charge in [0.1, 0.15) is 0 Å². The zero-order valence-electron chi connectivity index (χ0n) is 17.3. The molecule has 4 nitrogen and oxygen atoms in total. The summed E-state index contributed by atoms with van der Waals surface area (Å²) in [6, 6.07) is 17.3. The Labute approximate surface area is 188 Å². The van der Waals surface area contributed by atoms with Crippen molar-refractivity contribution < 1.29 is 4.79 Å². The molecule has 1 amide bonds. The van der Waals surface area contributed by atoms with Crippen LogP contribution in [-0.4, -0.2) is 40.5 Å². The van der Waals surface area contributed by atoms with Gasteiger partial charge >= 0.3 is 0 Å². The van der Waals surface area contributed by atoms with Crippen molar-refractivity contribution in [2.45, 2.75) is 43.8 Å². The summed E-state index contributed by atoms with van der Waals surface area (Å²) in [5, 5.41) is 5.00. The molecule has 3 aromatic rings. The fourth-order valence-corrected chi connectivity index (χ4v) is 5.53. The summed E-state index contributed by atoms with van der Waals surface area (Å²) >= 11 is 6.27. The average Bonchev–Trinajstić information content (AvgIpc) is 3.10. The summed E-state index contributed by atoms with van der Waals surface area (Å²) in [7, 11) is 4.23. The molecule has 1 aromatic heterocycles. The molecule has 2 aliphatic heterocycles. The van der Waals surface area contributed by atoms with Crippen LogP contribution in [-0.2, 0) is 7.05 Å². The molecule has 0 saturated carbocycles. The normalized spacial score (nSPS) is 23.4. The lowest BCUT2D eigenvalue weighted by Crippen LogP contribution is -2.48. The van der Waals surface area contributed by atoms with E-state index in [-0.39, 0.29) is 24.4 Å². The van der Waals surface area contributed by atoms with E-state index in [0.29, 0.717) is 17.1 Å². The number of aromatic nitrogens is 1. The maximum absolute atomic E-state index is 13.6. The first kappa shape index (κ1) is 21.2. The first-order chi connectivity index (χ1) is 14.0. The van der Waals surface area contributed by atoms with Crippen molar-refractivity contribution in [1.82, 2.24) is 14.8 Å². The Morgan fingerprint density at radius 2 is 1.70 bits per heavy atom. The highest BCUT2D eigenvalue weighted by Gasteiger charge is 2.39. The fourth-order valence-electron chi connectivity index (χ4n) is 5.36. The van der Waals surface area contributed by atoms with Gasteiger partial charge < -0.3 is 14.8 Å². The Balaban J connectivity index is 0.00000218. The van der Waals surface area contributed by atoms with Gasteiger partial charge in [0.2, 0.25) is 0 Å². The number of benzene rings is 2. The van der Waals surface area contributed by atoms with Gasteiger partial charge in [0.25, 0.3) is 5.91 Å². The van der Waals surface area contributed by atoms with Crippen molar-refractivity contribution in [2.24, 2.45) is 7.05 Å². The molecule has 2 aliphatic rings. The van der Waals surface area contributed by atoms with Gasteiger partial charge in [-0.2, -0.15) is 0 Å². The van der Waals surface area contributed by atoms with Crippen LogP contribution in [0.15, 0.2) is 48.5 Å². The molecule has 2 saturated heterocycles. The van der Waals surface area contributed by atoms with E-state index < -0.39 is 0 Å². The van der Waals surface area contributed by atoms with Gasteiger partial charge in [-0.05, 0) is 50.4 Å². The van der Waals surface area contributed by atoms with Crippen LogP contribution in [0.25, 0.3) is 22.2 Å². The van der Waals surface area contributed by atoms with Crippen LogP contribution >= 0.6 is 24.0 Å². The molecule has 158 valence electrons. The van der Waals surface area contributed by atoms with E-state index in [1.165, 1.54) is 12.8 Å². The third-order valence-electron chi connectivity index (χ3n) is 6.87. The van der Waals surface area contributed by atoms with Gasteiger partial charge in [-0.15, -0.1) is 12.4 Å². The zero-order valence-corrected chi connectivity index (χ0v) is 18.8. The number of piperidine rings is 1. The second kappa shape index (κ2) is 8.26. The van der Waals surface area contributed by atoms with Crippen LogP contribution in [0, 0.1) is 0 Å². The molecule has 2 unspecified atom stereocenters. The molecule has 5 rings (SSSR count). The largest absolute Gasteiger partial charge is 0.349 e. The van der Waals surface area contributed by atoms with Crippen LogP contribution in [0.4, 0.5) is 0 Å². The Kier molecular flexibility index (Phi) is 5.84. The number of carbonyl (C=O) groups excluding carboxylic acids is 1. The summed E-state index contributed by atoms with van der Waals surface area (Å²) < 4.78 is 2.09. The number of hydrogen-bond donors (Lipinski definition) is 1. The fraction of sp³-hybridized carbons (Fsp3) is 0.375. The number of hydrogen-bond acceptors (Lipinski definition) is 2. The Bertz CT molecular complexity index is 1060. The van der Waals surface area contributed by atoms with Crippen LogP contribution in [0.5, 0.6) is 0 Å². The summed E-state index contributed by atoms with van der Waals surface area (Å²) in [4.78, 5) is 16.1. The van der Waals surface area contributed by atoms with Crippen molar-refractivity contribution in [3.05, 3.63) is 59.1 Å². The van der Waals surface area contributed by atoms with Gasteiger partial charge in [-0.25, -0.2) is 0 Å². The molecule has 1 N–H and O–H groups in total. The van der Waals surface area contributed by atoms with E-state index in [4.69, 9.17) is 11.6 Å². The smallest absolute Gasteiger partial charge is 0.254 e. The van der Waals surface area contributed by atoms with Crippen molar-refractivity contribution in [3.63, 3.8) is 0 Å². The Morgan fingerprint density at radius 1 is 1.03 bits per heavy atom. The molecule has 3 heterocycles. The maximum atomic E-state index is 13.6. The summed E-state index contributed by atoms with van der Waals surface area (Å²) in [6.07, 6.45) is 4.57. The second-order valence-corrected chi connectivity index (χ2v) is 8.94. The first-order valence-corrected chi connectivity index (χ1v) is 10.8. The highest BCUT2D eigenvalue weighted by atomic mass is 35.5. The van der Waals surface area contributed by atoms with Gasteiger partial charge in [0.05, 0.1) is 16.8 Å². The van der Waals surface area contributed by atoms with Crippen molar-refractivity contribution in [2.75, 3.05) is 7.05 Å². The van der Waals surface area contributed by atoms with Crippen LogP contribution in [0.2, 0.25) is 5.02 Å².